The zero-order valence-corrected chi connectivity index (χ0v) is 17.1. The predicted molar refractivity (Wildman–Crippen MR) is 82.2 cm³/mol. The number of nitrogens with zero attached hydrogens (tertiary/aromatic N) is 1. The van der Waals surface area contributed by atoms with Crippen LogP contribution in [0, 0.1) is 11.3 Å². The second-order valence-corrected chi connectivity index (χ2v) is 7.14. The Morgan fingerprint density at radius 1 is 1.46 bits per heavy atom. The molecule has 1 saturated heterocycles. The quantitative estimate of drug-likeness (QED) is 0.389. The summed E-state index contributed by atoms with van der Waals surface area (Å²) in [7, 11) is 0. The van der Waals surface area contributed by atoms with E-state index in [0.29, 0.717) is 4.91 Å². The molecule has 0 aromatic carbocycles. The number of hydrogen-bond acceptors (Lipinski definition) is 6. The standard InChI is InChI=1S/C15H20N2O5S.Na/c1-7(18)9-11-15(3,4)12(23-6-5-16-8(2)19)10(14(21)22)17(11)13(9)20;/h5-7,9,11,18H,1-4H3,(H,16,19)(H,21,22);/q;+1/p-1/b6-5-;. The number of carboxylic acids is 1. The molecule has 126 valence electrons. The molecule has 0 spiro atoms. The summed E-state index contributed by atoms with van der Waals surface area (Å²) >= 11 is 1.12. The summed E-state index contributed by atoms with van der Waals surface area (Å²) in [6.45, 7) is 6.54. The van der Waals surface area contributed by atoms with Gasteiger partial charge in [0.1, 0.15) is 0 Å². The number of carboxylic acid groups (broad SMARTS) is 1. The summed E-state index contributed by atoms with van der Waals surface area (Å²) in [5.74, 6) is -2.70. The van der Waals surface area contributed by atoms with E-state index in [4.69, 9.17) is 0 Å². The SMILES string of the molecule is CC(=O)N/C=C\SC1=C(C(=O)[O-])N2C(=O)C(C(C)O)C2C1(C)C.[Na+]. The van der Waals surface area contributed by atoms with Crippen LogP contribution >= 0.6 is 11.8 Å². The van der Waals surface area contributed by atoms with E-state index in [9.17, 15) is 24.6 Å². The van der Waals surface area contributed by atoms with Gasteiger partial charge in [-0.05, 0) is 12.3 Å². The summed E-state index contributed by atoms with van der Waals surface area (Å²) < 4.78 is 0. The minimum atomic E-state index is -1.42. The van der Waals surface area contributed by atoms with Gasteiger partial charge in [-0.1, -0.05) is 25.6 Å². The fourth-order valence-electron chi connectivity index (χ4n) is 3.20. The van der Waals surface area contributed by atoms with E-state index in [1.165, 1.54) is 24.9 Å². The van der Waals surface area contributed by atoms with Gasteiger partial charge in [-0.25, -0.2) is 0 Å². The van der Waals surface area contributed by atoms with E-state index in [-0.39, 0.29) is 41.2 Å². The van der Waals surface area contributed by atoms with Crippen LogP contribution in [0.25, 0.3) is 0 Å². The van der Waals surface area contributed by atoms with Crippen molar-refractivity contribution in [3.63, 3.8) is 0 Å². The molecule has 1 fully saturated rings. The van der Waals surface area contributed by atoms with Crippen LogP contribution in [0.3, 0.4) is 0 Å². The molecule has 3 atom stereocenters. The molecule has 2 heterocycles. The van der Waals surface area contributed by atoms with Crippen molar-refractivity contribution < 1.29 is 54.2 Å². The van der Waals surface area contributed by atoms with E-state index in [2.05, 4.69) is 5.32 Å². The van der Waals surface area contributed by atoms with Crippen LogP contribution in [-0.2, 0) is 14.4 Å². The number of aliphatic carboxylic acids is 1. The number of hydrogen-bond donors (Lipinski definition) is 2. The molecule has 2 aliphatic rings. The molecule has 0 saturated carbocycles. The van der Waals surface area contributed by atoms with Gasteiger partial charge < -0.3 is 25.2 Å². The Bertz CT molecular complexity index is 629. The van der Waals surface area contributed by atoms with Gasteiger partial charge in [0.25, 0.3) is 0 Å². The minimum absolute atomic E-state index is 0. The van der Waals surface area contributed by atoms with Crippen LogP contribution in [-0.4, -0.2) is 39.9 Å². The summed E-state index contributed by atoms with van der Waals surface area (Å²) in [6.07, 6.45) is 0.553. The smallest absolute Gasteiger partial charge is 0.543 e. The molecule has 0 aromatic rings. The number of carbonyl (C=O) groups excluding carboxylic acids is 3. The average Bonchev–Trinajstić information content (AvgIpc) is 2.59. The average molecular weight is 362 g/mol. The van der Waals surface area contributed by atoms with Gasteiger partial charge in [-0.15, -0.1) is 0 Å². The van der Waals surface area contributed by atoms with Crippen molar-refractivity contribution in [2.75, 3.05) is 0 Å². The van der Waals surface area contributed by atoms with Gasteiger partial charge in [0.05, 0.1) is 29.7 Å². The second-order valence-electron chi connectivity index (χ2n) is 6.23. The molecule has 0 radical (unpaired) electrons. The van der Waals surface area contributed by atoms with Crippen molar-refractivity contribution in [2.24, 2.45) is 11.3 Å². The molecule has 0 aromatic heterocycles. The van der Waals surface area contributed by atoms with Crippen LogP contribution in [0.4, 0.5) is 0 Å². The minimum Gasteiger partial charge on any atom is -0.543 e. The Balaban J connectivity index is 0.00000288. The number of amides is 2. The number of fused-ring (bicyclic) bond motifs is 1. The van der Waals surface area contributed by atoms with Crippen LogP contribution in [0.1, 0.15) is 27.7 Å². The number of β-lactam (4-membered cyclic amide) rings is 1. The molecule has 2 N–H and O–H groups in total. The number of thioether (sulfide) groups is 1. The van der Waals surface area contributed by atoms with Crippen LogP contribution in [0.15, 0.2) is 22.2 Å². The maximum absolute atomic E-state index is 12.2. The molecule has 2 rings (SSSR count). The summed E-state index contributed by atoms with van der Waals surface area (Å²) in [6, 6.07) is -0.417. The maximum atomic E-state index is 12.2. The Morgan fingerprint density at radius 3 is 2.50 bits per heavy atom. The molecule has 24 heavy (non-hydrogen) atoms. The zero-order chi connectivity index (χ0) is 17.5. The van der Waals surface area contributed by atoms with Crippen molar-refractivity contribution in [2.45, 2.75) is 39.8 Å². The summed E-state index contributed by atoms with van der Waals surface area (Å²) in [5.41, 5.74) is -0.796. The molecular formula is C15H19N2NaO5S. The van der Waals surface area contributed by atoms with Crippen molar-refractivity contribution >= 4 is 29.5 Å². The number of carbonyl (C=O) groups is 3. The molecule has 7 nitrogen and oxygen atoms in total. The first kappa shape index (κ1) is 21.2. The molecule has 9 heteroatoms. The topological polar surface area (TPSA) is 110 Å². The fourth-order valence-corrected chi connectivity index (χ4v) is 4.19. The fraction of sp³-hybridized carbons (Fsp3) is 0.533. The van der Waals surface area contributed by atoms with Crippen LogP contribution < -0.4 is 40.0 Å². The van der Waals surface area contributed by atoms with Crippen molar-refractivity contribution in [3.05, 3.63) is 22.2 Å². The Hall–Kier alpha value is -0.800. The van der Waals surface area contributed by atoms with E-state index in [1.807, 2.05) is 13.8 Å². The number of aliphatic hydroxyl groups excluding tert-OH is 1. The maximum Gasteiger partial charge on any atom is 1.00 e. The Labute approximate surface area is 166 Å². The van der Waals surface area contributed by atoms with E-state index >= 15 is 0 Å². The summed E-state index contributed by atoms with van der Waals surface area (Å²) in [4.78, 5) is 36.3. The predicted octanol–water partition coefficient (Wildman–Crippen LogP) is -3.46. The largest absolute Gasteiger partial charge is 1.00 e. The Kier molecular flexibility index (Phi) is 6.74. The van der Waals surface area contributed by atoms with Crippen molar-refractivity contribution in [3.8, 4) is 0 Å². The van der Waals surface area contributed by atoms with E-state index < -0.39 is 35.4 Å². The first-order valence-corrected chi connectivity index (χ1v) is 8.04. The van der Waals surface area contributed by atoms with E-state index in [1.54, 1.807) is 5.41 Å². The molecule has 2 aliphatic heterocycles. The normalized spacial score (nSPS) is 25.9. The number of rotatable bonds is 5. The van der Waals surface area contributed by atoms with Crippen LogP contribution in [0.2, 0.25) is 0 Å². The summed E-state index contributed by atoms with van der Waals surface area (Å²) in [5, 5.41) is 25.3. The first-order valence-electron chi connectivity index (χ1n) is 7.16. The van der Waals surface area contributed by atoms with Gasteiger partial charge in [-0.2, -0.15) is 0 Å². The monoisotopic (exact) mass is 362 g/mol. The van der Waals surface area contributed by atoms with Crippen molar-refractivity contribution in [1.29, 1.82) is 0 Å². The van der Waals surface area contributed by atoms with Gasteiger partial charge in [0.15, 0.2) is 0 Å². The third kappa shape index (κ3) is 3.43. The van der Waals surface area contributed by atoms with Gasteiger partial charge in [0, 0.05) is 23.4 Å². The second kappa shape index (κ2) is 7.61. The number of nitrogens with one attached hydrogen (secondary N) is 1. The third-order valence-electron chi connectivity index (χ3n) is 4.18. The number of aliphatic hydroxyl groups is 1. The zero-order valence-electron chi connectivity index (χ0n) is 14.3. The van der Waals surface area contributed by atoms with Crippen LogP contribution in [0.5, 0.6) is 0 Å². The molecule has 0 aliphatic carbocycles. The van der Waals surface area contributed by atoms with Crippen molar-refractivity contribution in [1.82, 2.24) is 10.2 Å². The Morgan fingerprint density at radius 2 is 2.04 bits per heavy atom. The molecule has 3 unspecified atom stereocenters. The molecule has 0 bridgehead atoms. The van der Waals surface area contributed by atoms with Gasteiger partial charge in [-0.3, -0.25) is 9.59 Å². The molecular weight excluding hydrogens is 343 g/mol. The third-order valence-corrected chi connectivity index (χ3v) is 5.40. The van der Waals surface area contributed by atoms with E-state index in [0.717, 1.165) is 11.8 Å². The van der Waals surface area contributed by atoms with Gasteiger partial charge >= 0.3 is 29.6 Å². The van der Waals surface area contributed by atoms with Gasteiger partial charge in [0.2, 0.25) is 11.8 Å². The first-order chi connectivity index (χ1) is 10.6. The molecule has 2 amide bonds.